The minimum atomic E-state index is 0.282. The number of alkyl halides is 1. The Kier molecular flexibility index (Phi) is 5.81. The van der Waals surface area contributed by atoms with Gasteiger partial charge in [0.2, 0.25) is 0 Å². The molecule has 3 heteroatoms. The summed E-state index contributed by atoms with van der Waals surface area (Å²) >= 11 is 7.67. The average molecular weight is 260 g/mol. The molecule has 0 radical (unpaired) electrons. The number of hydrogen-bond acceptors (Lipinski definition) is 2. The number of nitrogens with one attached hydrogen (secondary N) is 1. The van der Waals surface area contributed by atoms with Crippen molar-refractivity contribution in [3.05, 3.63) is 22.4 Å². The molecule has 0 aliphatic rings. The van der Waals surface area contributed by atoms with Crippen molar-refractivity contribution in [1.82, 2.24) is 5.32 Å². The molecule has 0 bridgehead atoms. The van der Waals surface area contributed by atoms with E-state index in [-0.39, 0.29) is 5.41 Å². The number of rotatable bonds is 6. The minimum Gasteiger partial charge on any atom is -0.313 e. The molecule has 92 valence electrons. The van der Waals surface area contributed by atoms with Crippen LogP contribution in [0.25, 0.3) is 0 Å². The molecular formula is C13H22ClNS. The van der Waals surface area contributed by atoms with Gasteiger partial charge in [0.1, 0.15) is 0 Å². The molecule has 0 saturated heterocycles. The van der Waals surface area contributed by atoms with Crippen LogP contribution in [0.2, 0.25) is 0 Å². The van der Waals surface area contributed by atoms with Gasteiger partial charge in [0.05, 0.1) is 0 Å². The Morgan fingerprint density at radius 2 is 2.19 bits per heavy atom. The maximum Gasteiger partial charge on any atom is 0.0238 e. The molecule has 1 rings (SSSR count). The highest BCUT2D eigenvalue weighted by atomic mass is 35.5. The van der Waals surface area contributed by atoms with E-state index in [9.17, 15) is 0 Å². The Morgan fingerprint density at radius 1 is 1.44 bits per heavy atom. The van der Waals surface area contributed by atoms with Gasteiger partial charge in [-0.2, -0.15) is 0 Å². The lowest BCUT2D eigenvalue weighted by Gasteiger charge is -2.31. The Hall–Kier alpha value is -0.0500. The van der Waals surface area contributed by atoms with Gasteiger partial charge in [0.25, 0.3) is 0 Å². The van der Waals surface area contributed by atoms with Crippen LogP contribution < -0.4 is 5.32 Å². The fraction of sp³-hybridized carbons (Fsp3) is 0.692. The van der Waals surface area contributed by atoms with Crippen molar-refractivity contribution in [2.75, 3.05) is 12.4 Å². The lowest BCUT2D eigenvalue weighted by molar-refractivity contribution is 0.263. The molecule has 1 heterocycles. The lowest BCUT2D eigenvalue weighted by Crippen LogP contribution is -2.41. The van der Waals surface area contributed by atoms with Crippen molar-refractivity contribution < 1.29 is 0 Å². The second kappa shape index (κ2) is 6.63. The van der Waals surface area contributed by atoms with E-state index >= 15 is 0 Å². The maximum absolute atomic E-state index is 5.84. The van der Waals surface area contributed by atoms with E-state index < -0.39 is 0 Å². The molecule has 16 heavy (non-hydrogen) atoms. The van der Waals surface area contributed by atoms with Gasteiger partial charge in [-0.25, -0.2) is 0 Å². The van der Waals surface area contributed by atoms with Crippen LogP contribution in [0.1, 0.15) is 32.1 Å². The van der Waals surface area contributed by atoms with Gasteiger partial charge in [0, 0.05) is 23.3 Å². The monoisotopic (exact) mass is 259 g/mol. The summed E-state index contributed by atoms with van der Waals surface area (Å²) in [7, 11) is 0. The molecule has 0 aliphatic carbocycles. The molecule has 0 fully saturated rings. The fourth-order valence-electron chi connectivity index (χ4n) is 1.77. The quantitative estimate of drug-likeness (QED) is 0.764. The first-order valence-electron chi connectivity index (χ1n) is 5.86. The highest BCUT2D eigenvalue weighted by Gasteiger charge is 2.22. The standard InChI is InChI=1S/C13H22ClNS/c1-13(2,3)12(6-8-14)15-9-7-11-5-4-10-16-11/h4-5,10,12,15H,6-9H2,1-3H3. The van der Waals surface area contributed by atoms with E-state index in [1.807, 2.05) is 11.3 Å². The van der Waals surface area contributed by atoms with Crippen molar-refractivity contribution in [2.45, 2.75) is 39.7 Å². The predicted octanol–water partition coefficient (Wildman–Crippen LogP) is 3.92. The summed E-state index contributed by atoms with van der Waals surface area (Å²) < 4.78 is 0. The van der Waals surface area contributed by atoms with Gasteiger partial charge in [-0.1, -0.05) is 26.8 Å². The molecule has 1 unspecified atom stereocenters. The van der Waals surface area contributed by atoms with E-state index in [4.69, 9.17) is 11.6 Å². The maximum atomic E-state index is 5.84. The molecule has 0 amide bonds. The molecule has 0 aromatic carbocycles. The smallest absolute Gasteiger partial charge is 0.0238 e. The summed E-state index contributed by atoms with van der Waals surface area (Å²) in [6.45, 7) is 7.84. The summed E-state index contributed by atoms with van der Waals surface area (Å²) in [4.78, 5) is 1.45. The van der Waals surface area contributed by atoms with E-state index in [1.54, 1.807) is 0 Å². The third-order valence-electron chi connectivity index (χ3n) is 2.79. The summed E-state index contributed by atoms with van der Waals surface area (Å²) in [5.41, 5.74) is 0.282. The summed E-state index contributed by atoms with van der Waals surface area (Å²) in [5, 5.41) is 5.76. The Bertz CT molecular complexity index is 277. The number of hydrogen-bond donors (Lipinski definition) is 1. The van der Waals surface area contributed by atoms with E-state index in [0.717, 1.165) is 25.3 Å². The van der Waals surface area contributed by atoms with Gasteiger partial charge in [0.15, 0.2) is 0 Å². The molecular weight excluding hydrogens is 238 g/mol. The largest absolute Gasteiger partial charge is 0.313 e. The van der Waals surface area contributed by atoms with Crippen LogP contribution >= 0.6 is 22.9 Å². The lowest BCUT2D eigenvalue weighted by atomic mass is 9.85. The van der Waals surface area contributed by atoms with Gasteiger partial charge < -0.3 is 5.32 Å². The zero-order valence-electron chi connectivity index (χ0n) is 10.4. The second-order valence-electron chi connectivity index (χ2n) is 5.18. The van der Waals surface area contributed by atoms with Crippen LogP contribution in [0.5, 0.6) is 0 Å². The van der Waals surface area contributed by atoms with Gasteiger partial charge >= 0.3 is 0 Å². The fourth-order valence-corrected chi connectivity index (χ4v) is 2.70. The normalized spacial score (nSPS) is 14.0. The molecule has 1 atom stereocenters. The summed E-state index contributed by atoms with van der Waals surface area (Å²) in [6.07, 6.45) is 2.15. The van der Waals surface area contributed by atoms with Crippen LogP contribution in [0, 0.1) is 5.41 Å². The highest BCUT2D eigenvalue weighted by Crippen LogP contribution is 2.22. The molecule has 0 spiro atoms. The van der Waals surface area contributed by atoms with Gasteiger partial charge in [-0.05, 0) is 29.7 Å². The van der Waals surface area contributed by atoms with Gasteiger partial charge in [-0.3, -0.25) is 0 Å². The second-order valence-corrected chi connectivity index (χ2v) is 6.59. The van der Waals surface area contributed by atoms with Crippen LogP contribution in [-0.4, -0.2) is 18.5 Å². The van der Waals surface area contributed by atoms with Crippen molar-refractivity contribution in [3.63, 3.8) is 0 Å². The molecule has 1 aromatic rings. The van der Waals surface area contributed by atoms with Crippen LogP contribution in [0.15, 0.2) is 17.5 Å². The third-order valence-corrected chi connectivity index (χ3v) is 3.94. The summed E-state index contributed by atoms with van der Waals surface area (Å²) in [5.74, 6) is 0.730. The van der Waals surface area contributed by atoms with Crippen LogP contribution in [0.4, 0.5) is 0 Å². The van der Waals surface area contributed by atoms with Crippen molar-refractivity contribution in [2.24, 2.45) is 5.41 Å². The predicted molar refractivity (Wildman–Crippen MR) is 74.6 cm³/mol. The first-order valence-corrected chi connectivity index (χ1v) is 7.27. The molecule has 0 saturated carbocycles. The topological polar surface area (TPSA) is 12.0 Å². The first kappa shape index (κ1) is 14.0. The Morgan fingerprint density at radius 3 is 2.69 bits per heavy atom. The molecule has 0 aliphatic heterocycles. The van der Waals surface area contributed by atoms with E-state index in [0.29, 0.717) is 6.04 Å². The molecule has 1 nitrogen and oxygen atoms in total. The van der Waals surface area contributed by atoms with Crippen molar-refractivity contribution >= 4 is 22.9 Å². The van der Waals surface area contributed by atoms with Gasteiger partial charge in [-0.15, -0.1) is 22.9 Å². The zero-order chi connectivity index (χ0) is 12.0. The average Bonchev–Trinajstić information content (AvgIpc) is 2.67. The minimum absolute atomic E-state index is 0.282. The van der Waals surface area contributed by atoms with Crippen molar-refractivity contribution in [1.29, 1.82) is 0 Å². The molecule has 1 N–H and O–H groups in total. The third kappa shape index (κ3) is 4.86. The number of halogens is 1. The van der Waals surface area contributed by atoms with E-state index in [1.165, 1.54) is 4.88 Å². The Labute approximate surface area is 108 Å². The van der Waals surface area contributed by atoms with E-state index in [2.05, 4.69) is 43.6 Å². The SMILES string of the molecule is CC(C)(C)C(CCCl)NCCc1cccs1. The first-order chi connectivity index (χ1) is 7.54. The summed E-state index contributed by atoms with van der Waals surface area (Å²) in [6, 6.07) is 4.81. The highest BCUT2D eigenvalue weighted by molar-refractivity contribution is 7.09. The zero-order valence-corrected chi connectivity index (χ0v) is 12.0. The number of thiophene rings is 1. The van der Waals surface area contributed by atoms with Crippen LogP contribution in [-0.2, 0) is 6.42 Å². The Balaban J connectivity index is 2.33. The molecule has 1 aromatic heterocycles. The van der Waals surface area contributed by atoms with Crippen molar-refractivity contribution in [3.8, 4) is 0 Å². The van der Waals surface area contributed by atoms with Crippen LogP contribution in [0.3, 0.4) is 0 Å².